The molecule has 0 aliphatic heterocycles. The fourth-order valence-electron chi connectivity index (χ4n) is 3.55. The van der Waals surface area contributed by atoms with Crippen LogP contribution in [0.3, 0.4) is 0 Å². The molecule has 0 unspecified atom stereocenters. The van der Waals surface area contributed by atoms with Crippen molar-refractivity contribution in [3.8, 4) is 11.5 Å². The van der Waals surface area contributed by atoms with Crippen molar-refractivity contribution in [3.05, 3.63) is 69.5 Å². The lowest BCUT2D eigenvalue weighted by Crippen LogP contribution is -2.31. The number of nitrogens with one attached hydrogen (secondary N) is 1. The third-order valence-corrected chi connectivity index (χ3v) is 5.14. The molecule has 9 heteroatoms. The molecule has 170 valence electrons. The highest BCUT2D eigenvalue weighted by atomic mass is 19.4. The molecule has 0 aliphatic carbocycles. The standard InChI is InChI=1S/C23H23F3N2O4/c1-4-28-13-16(21(29)15-6-5-7-17(20(15)28)23(24,25)26)22(30)27-11-10-14-8-9-18(31-2)19(12-14)32-3/h5-9,12-13H,4,10-11H2,1-3H3,(H,27,30). The molecule has 1 heterocycles. The zero-order chi connectivity index (χ0) is 23.5. The first-order chi connectivity index (χ1) is 15.2. The summed E-state index contributed by atoms with van der Waals surface area (Å²) in [6.45, 7) is 2.03. The van der Waals surface area contributed by atoms with Crippen molar-refractivity contribution in [2.75, 3.05) is 20.8 Å². The predicted octanol–water partition coefficient (Wildman–Crippen LogP) is 4.03. The van der Waals surface area contributed by atoms with Gasteiger partial charge >= 0.3 is 6.18 Å². The molecule has 1 aromatic heterocycles. The summed E-state index contributed by atoms with van der Waals surface area (Å²) in [6, 6.07) is 8.76. The van der Waals surface area contributed by atoms with Gasteiger partial charge in [-0.3, -0.25) is 9.59 Å². The minimum Gasteiger partial charge on any atom is -0.493 e. The van der Waals surface area contributed by atoms with Gasteiger partial charge in [0.05, 0.1) is 25.3 Å². The van der Waals surface area contributed by atoms with E-state index >= 15 is 0 Å². The average Bonchev–Trinajstić information content (AvgIpc) is 2.78. The minimum absolute atomic E-state index is 0.144. The van der Waals surface area contributed by atoms with Crippen molar-refractivity contribution in [2.45, 2.75) is 26.1 Å². The van der Waals surface area contributed by atoms with E-state index in [1.807, 2.05) is 6.07 Å². The second-order valence-corrected chi connectivity index (χ2v) is 7.05. The number of carbonyl (C=O) groups excluding carboxylic acids is 1. The molecule has 32 heavy (non-hydrogen) atoms. The Balaban J connectivity index is 1.86. The minimum atomic E-state index is -4.62. The number of methoxy groups -OCH3 is 2. The lowest BCUT2D eigenvalue weighted by molar-refractivity contribution is -0.136. The van der Waals surface area contributed by atoms with E-state index in [4.69, 9.17) is 9.47 Å². The third-order valence-electron chi connectivity index (χ3n) is 5.14. The van der Waals surface area contributed by atoms with Crippen molar-refractivity contribution in [1.82, 2.24) is 9.88 Å². The van der Waals surface area contributed by atoms with E-state index in [9.17, 15) is 22.8 Å². The summed E-state index contributed by atoms with van der Waals surface area (Å²) >= 11 is 0. The number of ether oxygens (including phenoxy) is 2. The molecule has 0 aliphatic rings. The number of fused-ring (bicyclic) bond motifs is 1. The fourth-order valence-corrected chi connectivity index (χ4v) is 3.55. The predicted molar refractivity (Wildman–Crippen MR) is 114 cm³/mol. The van der Waals surface area contributed by atoms with Crippen LogP contribution in [0.5, 0.6) is 11.5 Å². The van der Waals surface area contributed by atoms with E-state index in [1.165, 1.54) is 37.1 Å². The molecule has 0 radical (unpaired) electrons. The monoisotopic (exact) mass is 448 g/mol. The first kappa shape index (κ1) is 23.2. The van der Waals surface area contributed by atoms with Crippen LogP contribution in [0.4, 0.5) is 13.2 Å². The fraction of sp³-hybridized carbons (Fsp3) is 0.304. The summed E-state index contributed by atoms with van der Waals surface area (Å²) in [5.41, 5.74) is -1.20. The SMILES string of the molecule is CCn1cc(C(=O)NCCc2ccc(OC)c(OC)c2)c(=O)c2cccc(C(F)(F)F)c21. The van der Waals surface area contributed by atoms with Gasteiger partial charge in [0, 0.05) is 24.7 Å². The molecular weight excluding hydrogens is 425 g/mol. The Labute approximate surface area is 182 Å². The number of amides is 1. The molecule has 0 spiro atoms. The number of benzene rings is 2. The zero-order valence-corrected chi connectivity index (χ0v) is 17.9. The Morgan fingerprint density at radius 2 is 1.81 bits per heavy atom. The van der Waals surface area contributed by atoms with Crippen LogP contribution in [0.15, 0.2) is 47.4 Å². The van der Waals surface area contributed by atoms with Gasteiger partial charge in [0.15, 0.2) is 11.5 Å². The lowest BCUT2D eigenvalue weighted by atomic mass is 10.1. The largest absolute Gasteiger partial charge is 0.493 e. The molecule has 0 saturated heterocycles. The molecule has 0 saturated carbocycles. The van der Waals surface area contributed by atoms with E-state index in [1.54, 1.807) is 19.1 Å². The van der Waals surface area contributed by atoms with Crippen molar-refractivity contribution < 1.29 is 27.4 Å². The first-order valence-electron chi connectivity index (χ1n) is 9.93. The summed E-state index contributed by atoms with van der Waals surface area (Å²) < 4.78 is 52.1. The van der Waals surface area contributed by atoms with Crippen LogP contribution < -0.4 is 20.2 Å². The maximum Gasteiger partial charge on any atom is 0.418 e. The zero-order valence-electron chi connectivity index (χ0n) is 17.9. The number of para-hydroxylation sites is 1. The summed E-state index contributed by atoms with van der Waals surface area (Å²) in [7, 11) is 3.05. The van der Waals surface area contributed by atoms with Crippen LogP contribution >= 0.6 is 0 Å². The summed E-state index contributed by atoms with van der Waals surface area (Å²) in [6.07, 6.45) is -2.97. The number of hydrogen-bond donors (Lipinski definition) is 1. The van der Waals surface area contributed by atoms with Gasteiger partial charge in [0.1, 0.15) is 5.56 Å². The molecule has 1 N–H and O–H groups in total. The highest BCUT2D eigenvalue weighted by Gasteiger charge is 2.34. The van der Waals surface area contributed by atoms with E-state index < -0.39 is 23.1 Å². The molecule has 2 aromatic carbocycles. The number of aromatic nitrogens is 1. The van der Waals surface area contributed by atoms with Crippen molar-refractivity contribution in [1.29, 1.82) is 0 Å². The van der Waals surface area contributed by atoms with Gasteiger partial charge < -0.3 is 19.4 Å². The van der Waals surface area contributed by atoms with Gasteiger partial charge in [-0.25, -0.2) is 0 Å². The average molecular weight is 448 g/mol. The van der Waals surface area contributed by atoms with Crippen molar-refractivity contribution in [3.63, 3.8) is 0 Å². The normalized spacial score (nSPS) is 11.4. The quantitative estimate of drug-likeness (QED) is 0.593. The highest BCUT2D eigenvalue weighted by Crippen LogP contribution is 2.34. The second kappa shape index (κ2) is 9.33. The number of rotatable bonds is 7. The van der Waals surface area contributed by atoms with Crippen molar-refractivity contribution in [2.24, 2.45) is 0 Å². The van der Waals surface area contributed by atoms with Gasteiger partial charge in [-0.15, -0.1) is 0 Å². The molecule has 3 rings (SSSR count). The van der Waals surface area contributed by atoms with Gasteiger partial charge in [0.25, 0.3) is 5.91 Å². The topological polar surface area (TPSA) is 69.6 Å². The van der Waals surface area contributed by atoms with Gasteiger partial charge in [-0.1, -0.05) is 12.1 Å². The molecular formula is C23H23F3N2O4. The van der Waals surface area contributed by atoms with Gasteiger partial charge in [0.2, 0.25) is 5.43 Å². The van der Waals surface area contributed by atoms with Crippen LogP contribution in [0, 0.1) is 0 Å². The van der Waals surface area contributed by atoms with Gasteiger partial charge in [-0.05, 0) is 43.2 Å². The second-order valence-electron chi connectivity index (χ2n) is 7.05. The molecule has 0 fully saturated rings. The highest BCUT2D eigenvalue weighted by molar-refractivity contribution is 5.97. The molecule has 0 bridgehead atoms. The maximum atomic E-state index is 13.4. The van der Waals surface area contributed by atoms with Crippen LogP contribution in [0.1, 0.15) is 28.4 Å². The smallest absolute Gasteiger partial charge is 0.418 e. The Hall–Kier alpha value is -3.49. The number of aryl methyl sites for hydroxylation is 1. The Morgan fingerprint density at radius 1 is 1.09 bits per heavy atom. The van der Waals surface area contributed by atoms with E-state index in [0.717, 1.165) is 11.6 Å². The molecule has 0 atom stereocenters. The van der Waals surface area contributed by atoms with E-state index in [0.29, 0.717) is 17.9 Å². The number of pyridine rings is 1. The van der Waals surface area contributed by atoms with Crippen LogP contribution in [-0.4, -0.2) is 31.2 Å². The first-order valence-corrected chi connectivity index (χ1v) is 9.93. The number of alkyl halides is 3. The Morgan fingerprint density at radius 3 is 2.44 bits per heavy atom. The summed E-state index contributed by atoms with van der Waals surface area (Å²) in [4.78, 5) is 25.5. The molecule has 6 nitrogen and oxygen atoms in total. The third kappa shape index (κ3) is 4.56. The Kier molecular flexibility index (Phi) is 6.76. The molecule has 3 aromatic rings. The maximum absolute atomic E-state index is 13.4. The molecule has 1 amide bonds. The van der Waals surface area contributed by atoms with Crippen LogP contribution in [0.25, 0.3) is 10.9 Å². The number of nitrogens with zero attached hydrogens (tertiary/aromatic N) is 1. The number of halogens is 3. The van der Waals surface area contributed by atoms with E-state index in [2.05, 4.69) is 5.32 Å². The lowest BCUT2D eigenvalue weighted by Gasteiger charge is -2.16. The van der Waals surface area contributed by atoms with Crippen LogP contribution in [-0.2, 0) is 19.1 Å². The van der Waals surface area contributed by atoms with Gasteiger partial charge in [-0.2, -0.15) is 13.2 Å². The van der Waals surface area contributed by atoms with Crippen molar-refractivity contribution >= 4 is 16.8 Å². The van der Waals surface area contributed by atoms with E-state index in [-0.39, 0.29) is 29.6 Å². The number of carbonyl (C=O) groups is 1. The summed E-state index contributed by atoms with van der Waals surface area (Å²) in [5, 5.41) is 2.52. The summed E-state index contributed by atoms with van der Waals surface area (Å²) in [5.74, 6) is 0.490. The Bertz CT molecular complexity index is 1200. The van der Waals surface area contributed by atoms with Crippen LogP contribution in [0.2, 0.25) is 0 Å². The number of hydrogen-bond acceptors (Lipinski definition) is 4.